The number of aliphatic hydroxyl groups excluding tert-OH is 1. The molecule has 0 radical (unpaired) electrons. The topological polar surface area (TPSA) is 49.8 Å². The van der Waals surface area contributed by atoms with Gasteiger partial charge in [0.15, 0.2) is 0 Å². The maximum Gasteiger partial charge on any atom is 0.411 e. The van der Waals surface area contributed by atoms with Crippen LogP contribution in [0.2, 0.25) is 0 Å². The number of aliphatic hydroxyl groups is 1. The van der Waals surface area contributed by atoms with Crippen LogP contribution in [0.25, 0.3) is 0 Å². The molecule has 1 aliphatic rings. The van der Waals surface area contributed by atoms with Gasteiger partial charge in [0.1, 0.15) is 11.4 Å². The lowest BCUT2D eigenvalue weighted by Crippen LogP contribution is -2.67. The van der Waals surface area contributed by atoms with E-state index in [1.54, 1.807) is 37.8 Å². The monoisotopic (exact) mass is 309 g/mol. The van der Waals surface area contributed by atoms with Crippen molar-refractivity contribution < 1.29 is 19.0 Å². The quantitative estimate of drug-likeness (QED) is 0.907. The molecule has 1 aliphatic heterocycles. The summed E-state index contributed by atoms with van der Waals surface area (Å²) in [4.78, 5) is 13.9. The molecule has 122 valence electrons. The van der Waals surface area contributed by atoms with Gasteiger partial charge in [-0.05, 0) is 58.7 Å². The second-order valence-electron chi connectivity index (χ2n) is 7.43. The zero-order chi connectivity index (χ0) is 16.7. The van der Waals surface area contributed by atoms with Crippen LogP contribution in [0.3, 0.4) is 0 Å². The number of hydrogen-bond acceptors (Lipinski definition) is 3. The number of nitrogens with zero attached hydrogens (tertiary/aromatic N) is 1. The number of halogens is 1. The maximum absolute atomic E-state index is 13.3. The van der Waals surface area contributed by atoms with Gasteiger partial charge in [0.2, 0.25) is 0 Å². The number of likely N-dealkylation sites (tertiary alicyclic amines) is 1. The molecule has 1 amide bonds. The molecule has 1 heterocycles. The van der Waals surface area contributed by atoms with Crippen molar-refractivity contribution >= 4 is 6.09 Å². The smallest absolute Gasteiger partial charge is 0.411 e. The first-order chi connectivity index (χ1) is 10.0. The largest absolute Gasteiger partial charge is 0.444 e. The first-order valence-electron chi connectivity index (χ1n) is 7.47. The summed E-state index contributed by atoms with van der Waals surface area (Å²) in [5.74, 6) is -0.404. The molecule has 1 N–H and O–H groups in total. The summed E-state index contributed by atoms with van der Waals surface area (Å²) in [6.45, 7) is 9.25. The van der Waals surface area contributed by atoms with Crippen molar-refractivity contribution in [3.8, 4) is 0 Å². The van der Waals surface area contributed by atoms with Crippen molar-refractivity contribution in [2.45, 2.75) is 64.3 Å². The molecule has 1 aromatic rings. The van der Waals surface area contributed by atoms with E-state index in [1.165, 1.54) is 12.1 Å². The zero-order valence-corrected chi connectivity index (χ0v) is 13.8. The van der Waals surface area contributed by atoms with Gasteiger partial charge in [0.25, 0.3) is 0 Å². The Bertz CT molecular complexity index is 565. The van der Waals surface area contributed by atoms with Crippen molar-refractivity contribution in [2.75, 3.05) is 0 Å². The van der Waals surface area contributed by atoms with E-state index < -0.39 is 29.7 Å². The predicted octanol–water partition coefficient (Wildman–Crippen LogP) is 3.65. The third-order valence-corrected chi connectivity index (χ3v) is 3.84. The van der Waals surface area contributed by atoms with Gasteiger partial charge in [-0.25, -0.2) is 9.18 Å². The van der Waals surface area contributed by atoms with E-state index >= 15 is 0 Å². The molecule has 5 heteroatoms. The minimum Gasteiger partial charge on any atom is -0.444 e. The molecule has 0 bridgehead atoms. The fourth-order valence-electron chi connectivity index (χ4n) is 2.90. The molecule has 2 atom stereocenters. The number of carbonyl (C=O) groups is 1. The van der Waals surface area contributed by atoms with Crippen molar-refractivity contribution in [2.24, 2.45) is 0 Å². The first-order valence-corrected chi connectivity index (χ1v) is 7.47. The molecule has 0 saturated carbocycles. The predicted molar refractivity (Wildman–Crippen MR) is 81.9 cm³/mol. The Hall–Kier alpha value is -1.62. The molecule has 2 rings (SSSR count). The van der Waals surface area contributed by atoms with Gasteiger partial charge < -0.3 is 9.84 Å². The summed E-state index contributed by atoms with van der Waals surface area (Å²) >= 11 is 0. The van der Waals surface area contributed by atoms with E-state index in [9.17, 15) is 14.3 Å². The molecule has 1 saturated heterocycles. The Morgan fingerprint density at radius 3 is 2.59 bits per heavy atom. The molecule has 4 nitrogen and oxygen atoms in total. The summed E-state index contributed by atoms with van der Waals surface area (Å²) in [6, 6.07) is 5.42. The number of carbonyl (C=O) groups excluding carboxylic acids is 1. The van der Waals surface area contributed by atoms with E-state index in [2.05, 4.69) is 0 Å². The summed E-state index contributed by atoms with van der Waals surface area (Å²) in [6.07, 6.45) is -0.760. The van der Waals surface area contributed by atoms with Gasteiger partial charge in [0, 0.05) is 5.54 Å². The standard InChI is InChI=1S/C17H24FNO3/c1-16(2,3)22-15(21)19-13(10-17(19,4)5)14(20)11-7-6-8-12(18)9-11/h6-9,13-14,20H,10H2,1-5H3/t13-,14?/m1/s1. The van der Waals surface area contributed by atoms with E-state index in [0.29, 0.717) is 12.0 Å². The summed E-state index contributed by atoms with van der Waals surface area (Å²) < 4.78 is 18.7. The van der Waals surface area contributed by atoms with Crippen LogP contribution in [0.1, 0.15) is 52.7 Å². The van der Waals surface area contributed by atoms with Gasteiger partial charge in [-0.3, -0.25) is 4.90 Å². The van der Waals surface area contributed by atoms with Crippen LogP contribution in [0, 0.1) is 5.82 Å². The SMILES string of the molecule is CC(C)(C)OC(=O)N1[C@@H](C(O)c2cccc(F)c2)CC1(C)C. The lowest BCUT2D eigenvalue weighted by atomic mass is 9.77. The van der Waals surface area contributed by atoms with E-state index in [1.807, 2.05) is 13.8 Å². The third kappa shape index (κ3) is 3.40. The maximum atomic E-state index is 13.3. The van der Waals surface area contributed by atoms with Crippen molar-refractivity contribution in [1.82, 2.24) is 4.90 Å². The van der Waals surface area contributed by atoms with E-state index in [-0.39, 0.29) is 5.54 Å². The molecule has 22 heavy (non-hydrogen) atoms. The van der Waals surface area contributed by atoms with Gasteiger partial charge in [-0.15, -0.1) is 0 Å². The fraction of sp³-hybridized carbons (Fsp3) is 0.588. The minimum absolute atomic E-state index is 0.388. The zero-order valence-electron chi connectivity index (χ0n) is 13.8. The molecular formula is C17H24FNO3. The Balaban J connectivity index is 2.19. The van der Waals surface area contributed by atoms with Crippen LogP contribution in [0.15, 0.2) is 24.3 Å². The summed E-state index contributed by atoms with van der Waals surface area (Å²) in [7, 11) is 0. The fourth-order valence-corrected chi connectivity index (χ4v) is 2.90. The molecule has 0 aromatic heterocycles. The highest BCUT2D eigenvalue weighted by Crippen LogP contribution is 2.43. The van der Waals surface area contributed by atoms with E-state index in [4.69, 9.17) is 4.74 Å². The summed E-state index contributed by atoms with van der Waals surface area (Å²) in [5, 5.41) is 10.5. The van der Waals surface area contributed by atoms with Crippen LogP contribution in [0.5, 0.6) is 0 Å². The van der Waals surface area contributed by atoms with Crippen LogP contribution >= 0.6 is 0 Å². The second kappa shape index (κ2) is 5.54. The van der Waals surface area contributed by atoms with Crippen LogP contribution in [-0.2, 0) is 4.74 Å². The molecule has 1 aromatic carbocycles. The van der Waals surface area contributed by atoms with Crippen LogP contribution in [0.4, 0.5) is 9.18 Å². The van der Waals surface area contributed by atoms with Crippen LogP contribution in [-0.4, -0.2) is 33.3 Å². The Kier molecular flexibility index (Phi) is 4.22. The Morgan fingerprint density at radius 2 is 2.09 bits per heavy atom. The van der Waals surface area contributed by atoms with Gasteiger partial charge in [-0.2, -0.15) is 0 Å². The lowest BCUT2D eigenvalue weighted by Gasteiger charge is -2.56. The molecular weight excluding hydrogens is 285 g/mol. The van der Waals surface area contributed by atoms with Crippen molar-refractivity contribution in [3.05, 3.63) is 35.6 Å². The molecule has 0 aliphatic carbocycles. The van der Waals surface area contributed by atoms with Gasteiger partial charge in [-0.1, -0.05) is 12.1 Å². The number of hydrogen-bond donors (Lipinski definition) is 1. The third-order valence-electron chi connectivity index (χ3n) is 3.84. The van der Waals surface area contributed by atoms with Crippen molar-refractivity contribution in [3.63, 3.8) is 0 Å². The highest BCUT2D eigenvalue weighted by Gasteiger charge is 2.52. The summed E-state index contributed by atoms with van der Waals surface area (Å²) in [5.41, 5.74) is -0.521. The van der Waals surface area contributed by atoms with E-state index in [0.717, 1.165) is 0 Å². The Morgan fingerprint density at radius 1 is 1.45 bits per heavy atom. The highest BCUT2D eigenvalue weighted by atomic mass is 19.1. The van der Waals surface area contributed by atoms with Crippen LogP contribution < -0.4 is 0 Å². The average Bonchev–Trinajstić information content (AvgIpc) is 2.33. The molecule has 1 unspecified atom stereocenters. The second-order valence-corrected chi connectivity index (χ2v) is 7.43. The van der Waals surface area contributed by atoms with Gasteiger partial charge >= 0.3 is 6.09 Å². The molecule has 1 fully saturated rings. The highest BCUT2D eigenvalue weighted by molar-refractivity contribution is 5.71. The first kappa shape index (κ1) is 16.7. The number of amides is 1. The molecule has 0 spiro atoms. The van der Waals surface area contributed by atoms with Crippen molar-refractivity contribution in [1.29, 1.82) is 0 Å². The average molecular weight is 309 g/mol. The normalized spacial score (nSPS) is 22.0. The number of rotatable bonds is 2. The van der Waals surface area contributed by atoms with Gasteiger partial charge in [0.05, 0.1) is 12.1 Å². The Labute approximate surface area is 130 Å². The number of benzene rings is 1. The number of ether oxygens (including phenoxy) is 1. The lowest BCUT2D eigenvalue weighted by molar-refractivity contribution is -0.105. The minimum atomic E-state index is -0.934.